The van der Waals surface area contributed by atoms with Crippen molar-refractivity contribution in [1.82, 2.24) is 14.0 Å². The molecule has 1 aromatic heterocycles. The van der Waals surface area contributed by atoms with Gasteiger partial charge in [-0.2, -0.15) is 5.26 Å². The molecule has 0 radical (unpaired) electrons. The summed E-state index contributed by atoms with van der Waals surface area (Å²) in [6.45, 7) is 3.96. The Labute approximate surface area is 242 Å². The molecule has 5 rings (SSSR count). The van der Waals surface area contributed by atoms with E-state index in [1.165, 1.54) is 10.6 Å². The van der Waals surface area contributed by atoms with E-state index in [-0.39, 0.29) is 18.7 Å². The first-order chi connectivity index (χ1) is 20.3. The Balaban J connectivity index is 1.50. The summed E-state index contributed by atoms with van der Waals surface area (Å²) in [4.78, 5) is 31.8. The lowest BCUT2D eigenvalue weighted by Crippen LogP contribution is -2.51. The second kappa shape index (κ2) is 12.5. The molecule has 42 heavy (non-hydrogen) atoms. The van der Waals surface area contributed by atoms with Gasteiger partial charge in [0, 0.05) is 50.0 Å². The van der Waals surface area contributed by atoms with Crippen LogP contribution >= 0.6 is 0 Å². The minimum Gasteiger partial charge on any atom is -0.363 e. The van der Waals surface area contributed by atoms with Gasteiger partial charge in [0.1, 0.15) is 17.3 Å². The van der Waals surface area contributed by atoms with Gasteiger partial charge in [0.05, 0.1) is 24.7 Å². The van der Waals surface area contributed by atoms with Gasteiger partial charge < -0.3 is 10.6 Å². The summed E-state index contributed by atoms with van der Waals surface area (Å²) in [6.07, 6.45) is 0. The third-order valence-corrected chi connectivity index (χ3v) is 7.86. The van der Waals surface area contributed by atoms with E-state index < -0.39 is 28.9 Å². The highest BCUT2D eigenvalue weighted by Gasteiger charge is 2.27. The van der Waals surface area contributed by atoms with Crippen molar-refractivity contribution in [1.29, 1.82) is 5.26 Å². The number of anilines is 1. The molecule has 0 bridgehead atoms. The molecule has 10 heteroatoms. The number of hydrogen-bond acceptors (Lipinski definition) is 6. The highest BCUT2D eigenvalue weighted by Crippen LogP contribution is 2.21. The Morgan fingerprint density at radius 3 is 2.17 bits per heavy atom. The van der Waals surface area contributed by atoms with Crippen molar-refractivity contribution in [2.45, 2.75) is 32.6 Å². The van der Waals surface area contributed by atoms with Crippen LogP contribution in [0.3, 0.4) is 0 Å². The molecule has 1 aliphatic heterocycles. The molecule has 0 spiro atoms. The number of benzene rings is 3. The quantitative estimate of drug-likeness (QED) is 0.348. The minimum absolute atomic E-state index is 0.0976. The fourth-order valence-electron chi connectivity index (χ4n) is 5.48. The molecule has 2 N–H and O–H groups in total. The number of aromatic nitrogens is 2. The number of piperazine rings is 1. The zero-order valence-corrected chi connectivity index (χ0v) is 23.3. The number of nitrogens with zero attached hydrogens (tertiary/aromatic N) is 5. The van der Waals surface area contributed by atoms with Gasteiger partial charge in [-0.15, -0.1) is 0 Å². The minimum atomic E-state index is -0.771. The molecule has 2 heterocycles. The van der Waals surface area contributed by atoms with Crippen LogP contribution in [0.4, 0.5) is 14.5 Å². The molecule has 0 unspecified atom stereocenters. The Hall–Kier alpha value is -4.59. The van der Waals surface area contributed by atoms with Gasteiger partial charge in [0.15, 0.2) is 0 Å². The Morgan fingerprint density at radius 1 is 0.857 bits per heavy atom. The van der Waals surface area contributed by atoms with Gasteiger partial charge in [0.2, 0.25) is 0 Å². The van der Waals surface area contributed by atoms with Crippen molar-refractivity contribution in [3.8, 4) is 6.07 Å². The predicted octanol–water partition coefficient (Wildman–Crippen LogP) is 3.54. The van der Waals surface area contributed by atoms with Crippen LogP contribution in [-0.2, 0) is 19.6 Å². The topological polar surface area (TPSA) is 100 Å². The molecule has 4 aromatic rings. The lowest BCUT2D eigenvalue weighted by Gasteiger charge is -2.37. The predicted molar refractivity (Wildman–Crippen MR) is 157 cm³/mol. The summed E-state index contributed by atoms with van der Waals surface area (Å²) < 4.78 is 31.7. The monoisotopic (exact) mass is 570 g/mol. The first-order valence-electron chi connectivity index (χ1n) is 13.8. The number of hydrogen-bond donors (Lipinski definition) is 1. The lowest BCUT2D eigenvalue weighted by molar-refractivity contribution is 0.249. The fraction of sp³-hybridized carbons (Fsp3) is 0.281. The first-order valence-corrected chi connectivity index (χ1v) is 13.8. The van der Waals surface area contributed by atoms with Crippen molar-refractivity contribution < 1.29 is 8.78 Å². The molecule has 0 aliphatic carbocycles. The molecule has 1 aliphatic rings. The summed E-state index contributed by atoms with van der Waals surface area (Å²) in [5.41, 5.74) is 7.96. The SMILES string of the molecule is Cc1c(N2CCN(Cc3ccccc3C#N)CC2)c(=O)n(C[C@H](N)c2ccccc2)c(=O)n1Cc1c(F)cccc1F. The highest BCUT2D eigenvalue weighted by atomic mass is 19.1. The molecule has 0 amide bonds. The van der Waals surface area contributed by atoms with Crippen LogP contribution in [-0.4, -0.2) is 40.2 Å². The van der Waals surface area contributed by atoms with Crippen molar-refractivity contribution in [2.24, 2.45) is 5.73 Å². The largest absolute Gasteiger partial charge is 0.363 e. The van der Waals surface area contributed by atoms with E-state index in [9.17, 15) is 23.6 Å². The Kier molecular flexibility index (Phi) is 8.61. The maximum Gasteiger partial charge on any atom is 0.331 e. The van der Waals surface area contributed by atoms with Crippen LogP contribution < -0.4 is 21.9 Å². The summed E-state index contributed by atoms with van der Waals surface area (Å²) in [5.74, 6) is -1.54. The second-order valence-electron chi connectivity index (χ2n) is 10.5. The molecule has 1 fully saturated rings. The van der Waals surface area contributed by atoms with Crippen LogP contribution in [0.15, 0.2) is 82.4 Å². The molecule has 8 nitrogen and oxygen atoms in total. The van der Waals surface area contributed by atoms with Crippen LogP contribution in [0, 0.1) is 29.9 Å². The van der Waals surface area contributed by atoms with Gasteiger partial charge in [-0.1, -0.05) is 54.6 Å². The smallest absolute Gasteiger partial charge is 0.331 e. The first kappa shape index (κ1) is 28.9. The normalized spacial score (nSPS) is 14.5. The maximum atomic E-state index is 14.7. The third kappa shape index (κ3) is 5.88. The molecular weight excluding hydrogens is 538 g/mol. The second-order valence-corrected chi connectivity index (χ2v) is 10.5. The number of nitriles is 1. The van der Waals surface area contributed by atoms with E-state index in [4.69, 9.17) is 5.73 Å². The standard InChI is InChI=1S/C32H32F2N6O2/c1-22-30(38-16-14-37(15-17-38)19-25-11-6-5-10-24(25)18-35)31(41)40(21-29(36)23-8-3-2-4-9-23)32(42)39(22)20-26-27(33)12-7-13-28(26)34/h2-13,29H,14-17,19-21,36H2,1H3/t29-/m0/s1. The highest BCUT2D eigenvalue weighted by molar-refractivity contribution is 5.50. The van der Waals surface area contributed by atoms with Gasteiger partial charge >= 0.3 is 5.69 Å². The van der Waals surface area contributed by atoms with Crippen LogP contribution in [0.2, 0.25) is 0 Å². The van der Waals surface area contributed by atoms with E-state index in [1.807, 2.05) is 53.4 Å². The van der Waals surface area contributed by atoms with Crippen LogP contribution in [0.25, 0.3) is 0 Å². The third-order valence-electron chi connectivity index (χ3n) is 7.86. The molecular formula is C32H32F2N6O2. The van der Waals surface area contributed by atoms with Crippen molar-refractivity contribution >= 4 is 5.69 Å². The number of halogens is 2. The van der Waals surface area contributed by atoms with Gasteiger partial charge in [-0.05, 0) is 36.2 Å². The molecule has 3 aromatic carbocycles. The maximum absolute atomic E-state index is 14.7. The summed E-state index contributed by atoms with van der Waals surface area (Å²) >= 11 is 0. The Bertz CT molecular complexity index is 1720. The van der Waals surface area contributed by atoms with Gasteiger partial charge in [-0.25, -0.2) is 13.6 Å². The van der Waals surface area contributed by atoms with E-state index in [1.54, 1.807) is 13.0 Å². The summed E-state index contributed by atoms with van der Waals surface area (Å²) in [6, 6.07) is 21.7. The van der Waals surface area contributed by atoms with E-state index >= 15 is 0 Å². The van der Waals surface area contributed by atoms with E-state index in [0.717, 1.165) is 27.8 Å². The zero-order chi connectivity index (χ0) is 29.8. The summed E-state index contributed by atoms with van der Waals surface area (Å²) in [7, 11) is 0. The molecule has 1 atom stereocenters. The van der Waals surface area contributed by atoms with E-state index in [0.29, 0.717) is 49.7 Å². The van der Waals surface area contributed by atoms with Gasteiger partial charge in [0.25, 0.3) is 5.56 Å². The number of nitrogens with two attached hydrogens (primary N) is 1. The van der Waals surface area contributed by atoms with Gasteiger partial charge in [-0.3, -0.25) is 18.8 Å². The average molecular weight is 571 g/mol. The van der Waals surface area contributed by atoms with Crippen LogP contribution in [0.1, 0.15) is 34.0 Å². The van der Waals surface area contributed by atoms with Crippen molar-refractivity contribution in [2.75, 3.05) is 31.1 Å². The number of rotatable bonds is 8. The molecule has 1 saturated heterocycles. The summed E-state index contributed by atoms with van der Waals surface area (Å²) in [5, 5.41) is 9.45. The fourth-order valence-corrected chi connectivity index (χ4v) is 5.48. The molecule has 0 saturated carbocycles. The van der Waals surface area contributed by atoms with Crippen molar-refractivity contribution in [3.63, 3.8) is 0 Å². The van der Waals surface area contributed by atoms with E-state index in [2.05, 4.69) is 11.0 Å². The van der Waals surface area contributed by atoms with Crippen LogP contribution in [0.5, 0.6) is 0 Å². The Morgan fingerprint density at radius 2 is 1.50 bits per heavy atom. The van der Waals surface area contributed by atoms with Crippen molar-refractivity contribution in [3.05, 3.63) is 133 Å². The molecule has 216 valence electrons. The lowest BCUT2D eigenvalue weighted by atomic mass is 10.1. The average Bonchev–Trinajstić information content (AvgIpc) is 3.00. The zero-order valence-electron chi connectivity index (χ0n) is 23.3.